The van der Waals surface area contributed by atoms with Gasteiger partial charge < -0.3 is 9.88 Å². The molecule has 4 rings (SSSR count). The third-order valence-electron chi connectivity index (χ3n) is 5.25. The largest absolute Gasteiger partial charge is 0.356 e. The molecule has 0 spiro atoms. The lowest BCUT2D eigenvalue weighted by atomic mass is 9.83. The number of carbonyl (C=O) groups excluding carboxylic acids is 1. The van der Waals surface area contributed by atoms with Crippen LogP contribution in [0.25, 0.3) is 0 Å². The smallest absolute Gasteiger partial charge is 0.270 e. The van der Waals surface area contributed by atoms with Crippen LogP contribution in [0, 0.1) is 0 Å². The standard InChI is InChI=1S/C17H23N5O3S/c1-21-16(10-14(19-21)12-5-4-6-12)20-26(24,25)13-9-15(18-11-13)17(23)22-7-2-3-8-22/h9-12,18,20H,2-8H2,1H3. The number of H-pyrrole nitrogens is 1. The van der Waals surface area contributed by atoms with Gasteiger partial charge in [0.25, 0.3) is 15.9 Å². The summed E-state index contributed by atoms with van der Waals surface area (Å²) in [6.45, 7) is 1.44. The molecule has 26 heavy (non-hydrogen) atoms. The molecule has 0 unspecified atom stereocenters. The molecule has 0 radical (unpaired) electrons. The Hall–Kier alpha value is -2.29. The first-order chi connectivity index (χ1) is 12.4. The summed E-state index contributed by atoms with van der Waals surface area (Å²) < 4.78 is 29.5. The van der Waals surface area contributed by atoms with Gasteiger partial charge in [-0.3, -0.25) is 14.2 Å². The second kappa shape index (κ2) is 6.46. The number of hydrogen-bond acceptors (Lipinski definition) is 4. The maximum Gasteiger partial charge on any atom is 0.270 e. The number of likely N-dealkylation sites (tertiary alicyclic amines) is 1. The summed E-state index contributed by atoms with van der Waals surface area (Å²) in [7, 11) is -2.06. The zero-order valence-electron chi connectivity index (χ0n) is 14.7. The van der Waals surface area contributed by atoms with Gasteiger partial charge in [0.05, 0.1) is 5.69 Å². The number of amides is 1. The maximum absolute atomic E-state index is 12.7. The van der Waals surface area contributed by atoms with E-state index in [4.69, 9.17) is 0 Å². The normalized spacial score (nSPS) is 18.1. The van der Waals surface area contributed by atoms with E-state index >= 15 is 0 Å². The van der Waals surface area contributed by atoms with Gasteiger partial charge >= 0.3 is 0 Å². The van der Waals surface area contributed by atoms with Gasteiger partial charge in [-0.1, -0.05) is 6.42 Å². The Morgan fingerprint density at radius 2 is 1.96 bits per heavy atom. The Kier molecular flexibility index (Phi) is 4.26. The van der Waals surface area contributed by atoms with Crippen LogP contribution in [-0.2, 0) is 17.1 Å². The highest BCUT2D eigenvalue weighted by Gasteiger charge is 2.26. The van der Waals surface area contributed by atoms with Gasteiger partial charge in [-0.2, -0.15) is 5.10 Å². The number of carbonyl (C=O) groups is 1. The number of nitrogens with one attached hydrogen (secondary N) is 2. The number of sulfonamides is 1. The summed E-state index contributed by atoms with van der Waals surface area (Å²) in [5, 5.41) is 4.42. The molecule has 3 heterocycles. The van der Waals surface area contributed by atoms with E-state index in [2.05, 4.69) is 14.8 Å². The van der Waals surface area contributed by atoms with Gasteiger partial charge in [0.2, 0.25) is 0 Å². The average molecular weight is 377 g/mol. The van der Waals surface area contributed by atoms with E-state index in [0.717, 1.165) is 44.5 Å². The predicted octanol–water partition coefficient (Wildman–Crippen LogP) is 2.05. The van der Waals surface area contributed by atoms with Crippen molar-refractivity contribution in [3.05, 3.63) is 29.7 Å². The molecule has 0 atom stereocenters. The number of nitrogens with zero attached hydrogens (tertiary/aromatic N) is 3. The Balaban J connectivity index is 1.52. The molecule has 2 aliphatic rings. The minimum Gasteiger partial charge on any atom is -0.356 e. The Bertz CT molecular complexity index is 920. The van der Waals surface area contributed by atoms with E-state index in [9.17, 15) is 13.2 Å². The minimum absolute atomic E-state index is 0.0476. The molecule has 1 aliphatic carbocycles. The van der Waals surface area contributed by atoms with E-state index in [1.54, 1.807) is 22.7 Å². The van der Waals surface area contributed by atoms with Crippen LogP contribution in [0.4, 0.5) is 5.82 Å². The van der Waals surface area contributed by atoms with Gasteiger partial charge in [-0.25, -0.2) is 8.42 Å². The van der Waals surface area contributed by atoms with Crippen LogP contribution in [0.2, 0.25) is 0 Å². The van der Waals surface area contributed by atoms with E-state index in [-0.39, 0.29) is 10.8 Å². The number of hydrogen-bond donors (Lipinski definition) is 2. The van der Waals surface area contributed by atoms with E-state index in [1.165, 1.54) is 18.7 Å². The SMILES string of the molecule is Cn1nc(C2CCC2)cc1NS(=O)(=O)c1c[nH]c(C(=O)N2CCCC2)c1. The van der Waals surface area contributed by atoms with Crippen molar-refractivity contribution in [2.45, 2.75) is 42.9 Å². The van der Waals surface area contributed by atoms with E-state index < -0.39 is 10.0 Å². The van der Waals surface area contributed by atoms with Crippen molar-refractivity contribution in [2.75, 3.05) is 17.8 Å². The summed E-state index contributed by atoms with van der Waals surface area (Å²) in [6, 6.07) is 3.19. The first-order valence-electron chi connectivity index (χ1n) is 8.98. The fourth-order valence-corrected chi connectivity index (χ4v) is 4.50. The summed E-state index contributed by atoms with van der Waals surface area (Å²) in [5.41, 5.74) is 1.22. The number of anilines is 1. The molecule has 8 nitrogen and oxygen atoms in total. The van der Waals surface area contributed by atoms with Crippen molar-refractivity contribution in [1.82, 2.24) is 19.7 Å². The van der Waals surface area contributed by atoms with Crippen LogP contribution in [0.15, 0.2) is 23.2 Å². The van der Waals surface area contributed by atoms with Gasteiger partial charge in [-0.15, -0.1) is 0 Å². The molecule has 9 heteroatoms. The van der Waals surface area contributed by atoms with Crippen molar-refractivity contribution >= 4 is 21.7 Å². The molecule has 1 saturated heterocycles. The van der Waals surface area contributed by atoms with Crippen LogP contribution < -0.4 is 4.72 Å². The quantitative estimate of drug-likeness (QED) is 0.833. The van der Waals surface area contributed by atoms with E-state index in [0.29, 0.717) is 17.4 Å². The fourth-order valence-electron chi connectivity index (χ4n) is 3.43. The number of rotatable bonds is 5. The monoisotopic (exact) mass is 377 g/mol. The van der Waals surface area contributed by atoms with Crippen molar-refractivity contribution < 1.29 is 13.2 Å². The van der Waals surface area contributed by atoms with Crippen LogP contribution in [0.3, 0.4) is 0 Å². The maximum atomic E-state index is 12.7. The third kappa shape index (κ3) is 3.11. The van der Waals surface area contributed by atoms with Crippen molar-refractivity contribution in [3.8, 4) is 0 Å². The molecule has 1 amide bonds. The van der Waals surface area contributed by atoms with Crippen molar-refractivity contribution in [3.63, 3.8) is 0 Å². The number of aryl methyl sites for hydroxylation is 1. The highest BCUT2D eigenvalue weighted by molar-refractivity contribution is 7.92. The Labute approximate surface area is 152 Å². The average Bonchev–Trinajstić information content (AvgIpc) is 3.27. The molecule has 2 fully saturated rings. The lowest BCUT2D eigenvalue weighted by molar-refractivity contribution is 0.0787. The van der Waals surface area contributed by atoms with Crippen molar-refractivity contribution in [1.29, 1.82) is 0 Å². The lowest BCUT2D eigenvalue weighted by Crippen LogP contribution is -2.27. The fraction of sp³-hybridized carbons (Fsp3) is 0.529. The summed E-state index contributed by atoms with van der Waals surface area (Å²) in [5.74, 6) is 0.702. The second-order valence-corrected chi connectivity index (χ2v) is 8.74. The van der Waals surface area contributed by atoms with Crippen LogP contribution in [-0.4, -0.2) is 47.1 Å². The molecule has 0 aromatic carbocycles. The van der Waals surface area contributed by atoms with Gasteiger partial charge in [-0.05, 0) is 31.7 Å². The van der Waals surface area contributed by atoms with Gasteiger partial charge in [0.1, 0.15) is 16.4 Å². The second-order valence-electron chi connectivity index (χ2n) is 7.06. The van der Waals surface area contributed by atoms with Crippen LogP contribution in [0.1, 0.15) is 54.2 Å². The lowest BCUT2D eigenvalue weighted by Gasteiger charge is -2.22. The third-order valence-corrected chi connectivity index (χ3v) is 6.59. The molecule has 2 aromatic heterocycles. The molecular formula is C17H23N5O3S. The van der Waals surface area contributed by atoms with Crippen molar-refractivity contribution in [2.24, 2.45) is 7.05 Å². The first-order valence-corrected chi connectivity index (χ1v) is 10.5. The molecule has 0 bridgehead atoms. The molecule has 1 aliphatic heterocycles. The Morgan fingerprint density at radius 1 is 1.23 bits per heavy atom. The minimum atomic E-state index is -3.79. The predicted molar refractivity (Wildman–Crippen MR) is 96.5 cm³/mol. The zero-order chi connectivity index (χ0) is 18.3. The van der Waals surface area contributed by atoms with E-state index in [1.807, 2.05) is 0 Å². The van der Waals surface area contributed by atoms with Crippen LogP contribution in [0.5, 0.6) is 0 Å². The Morgan fingerprint density at radius 3 is 2.62 bits per heavy atom. The molecular weight excluding hydrogens is 354 g/mol. The topological polar surface area (TPSA) is 100 Å². The van der Waals surface area contributed by atoms with Crippen LogP contribution >= 0.6 is 0 Å². The van der Waals surface area contributed by atoms with Gasteiger partial charge in [0.15, 0.2) is 0 Å². The highest BCUT2D eigenvalue weighted by atomic mass is 32.2. The number of aromatic nitrogens is 3. The molecule has 1 saturated carbocycles. The summed E-state index contributed by atoms with van der Waals surface area (Å²) >= 11 is 0. The summed E-state index contributed by atoms with van der Waals surface area (Å²) in [6.07, 6.45) is 6.73. The first kappa shape index (κ1) is 17.1. The molecule has 140 valence electrons. The number of aromatic amines is 1. The highest BCUT2D eigenvalue weighted by Crippen LogP contribution is 2.36. The molecule has 2 N–H and O–H groups in total. The molecule has 2 aromatic rings. The van der Waals surface area contributed by atoms with Gasteiger partial charge in [0, 0.05) is 38.3 Å². The zero-order valence-corrected chi connectivity index (χ0v) is 15.6. The summed E-state index contributed by atoms with van der Waals surface area (Å²) in [4.78, 5) is 17.0.